The molecule has 2 saturated heterocycles. The standard InChI is InChI=1S/C17H24O2S/c1-11-7-13(3)16(8-12(11)2)17(18)9-14-5-4-6-15(10-17)20(14)19/h7-8,14-15,18H,4-6,9-10H2,1-3H3. The van der Waals surface area contributed by atoms with Crippen LogP contribution in [0.2, 0.25) is 0 Å². The van der Waals surface area contributed by atoms with E-state index in [1.54, 1.807) is 0 Å². The van der Waals surface area contributed by atoms with Gasteiger partial charge in [0.15, 0.2) is 0 Å². The first kappa shape index (κ1) is 14.3. The van der Waals surface area contributed by atoms with Gasteiger partial charge in [0.1, 0.15) is 0 Å². The number of benzene rings is 1. The van der Waals surface area contributed by atoms with E-state index in [4.69, 9.17) is 0 Å². The first-order valence-corrected chi connectivity index (χ1v) is 8.88. The summed E-state index contributed by atoms with van der Waals surface area (Å²) in [6.45, 7) is 6.30. The minimum atomic E-state index is -0.772. The molecule has 0 spiro atoms. The van der Waals surface area contributed by atoms with Gasteiger partial charge in [-0.2, -0.15) is 0 Å². The minimum absolute atomic E-state index is 0.188. The molecule has 0 radical (unpaired) electrons. The third kappa shape index (κ3) is 2.25. The van der Waals surface area contributed by atoms with Gasteiger partial charge < -0.3 is 5.11 Å². The van der Waals surface area contributed by atoms with E-state index in [1.807, 2.05) is 0 Å². The summed E-state index contributed by atoms with van der Waals surface area (Å²) < 4.78 is 12.3. The summed E-state index contributed by atoms with van der Waals surface area (Å²) >= 11 is 0. The van der Waals surface area contributed by atoms with E-state index in [0.29, 0.717) is 12.8 Å². The molecule has 2 atom stereocenters. The highest BCUT2D eigenvalue weighted by molar-refractivity contribution is 7.86. The zero-order valence-corrected chi connectivity index (χ0v) is 13.4. The second kappa shape index (κ2) is 4.96. The molecule has 0 aliphatic carbocycles. The van der Waals surface area contributed by atoms with Crippen LogP contribution in [0.15, 0.2) is 12.1 Å². The number of hydrogen-bond acceptors (Lipinski definition) is 2. The molecule has 0 aromatic heterocycles. The Morgan fingerprint density at radius 3 is 2.20 bits per heavy atom. The van der Waals surface area contributed by atoms with Gasteiger partial charge in [-0.15, -0.1) is 0 Å². The summed E-state index contributed by atoms with van der Waals surface area (Å²) in [4.78, 5) is 0. The molecule has 0 saturated carbocycles. The fourth-order valence-electron chi connectivity index (χ4n) is 3.96. The molecule has 2 bridgehead atoms. The first-order chi connectivity index (χ1) is 9.40. The molecule has 3 heteroatoms. The maximum atomic E-state index is 12.3. The lowest BCUT2D eigenvalue weighted by molar-refractivity contribution is 0.00593. The minimum Gasteiger partial charge on any atom is -0.385 e. The molecule has 2 heterocycles. The van der Waals surface area contributed by atoms with E-state index in [9.17, 15) is 9.32 Å². The summed E-state index contributed by atoms with van der Waals surface area (Å²) in [5.41, 5.74) is 3.97. The van der Waals surface area contributed by atoms with Gasteiger partial charge >= 0.3 is 0 Å². The quantitative estimate of drug-likeness (QED) is 0.862. The van der Waals surface area contributed by atoms with Gasteiger partial charge in [-0.05, 0) is 68.7 Å². The van der Waals surface area contributed by atoms with Crippen LogP contribution in [0, 0.1) is 20.8 Å². The Labute approximate surface area is 124 Å². The lowest BCUT2D eigenvalue weighted by Crippen LogP contribution is -2.47. The van der Waals surface area contributed by atoms with Gasteiger partial charge in [0.25, 0.3) is 0 Å². The molecule has 2 aliphatic rings. The van der Waals surface area contributed by atoms with Crippen LogP contribution in [0.3, 0.4) is 0 Å². The maximum absolute atomic E-state index is 12.3. The highest BCUT2D eigenvalue weighted by atomic mass is 32.2. The fraction of sp³-hybridized carbons (Fsp3) is 0.647. The number of aryl methyl sites for hydroxylation is 3. The van der Waals surface area contributed by atoms with E-state index >= 15 is 0 Å². The van der Waals surface area contributed by atoms with Crippen molar-refractivity contribution in [2.75, 3.05) is 0 Å². The van der Waals surface area contributed by atoms with Crippen LogP contribution in [0.1, 0.15) is 54.4 Å². The molecule has 1 N–H and O–H groups in total. The van der Waals surface area contributed by atoms with E-state index in [1.165, 1.54) is 23.1 Å². The Hall–Kier alpha value is -0.670. The Morgan fingerprint density at radius 2 is 1.60 bits per heavy atom. The molecule has 2 aliphatic heterocycles. The highest BCUT2D eigenvalue weighted by Gasteiger charge is 2.46. The predicted molar refractivity (Wildman–Crippen MR) is 83.4 cm³/mol. The summed E-state index contributed by atoms with van der Waals surface area (Å²) in [6, 6.07) is 4.32. The van der Waals surface area contributed by atoms with Crippen LogP contribution in [-0.4, -0.2) is 19.8 Å². The smallest absolute Gasteiger partial charge is 0.0922 e. The van der Waals surface area contributed by atoms with Crippen LogP contribution in [0.25, 0.3) is 0 Å². The predicted octanol–water partition coefficient (Wildman–Crippen LogP) is 3.26. The van der Waals surface area contributed by atoms with Crippen LogP contribution < -0.4 is 0 Å². The summed E-state index contributed by atoms with van der Waals surface area (Å²) in [7, 11) is -0.733. The number of rotatable bonds is 1. The lowest BCUT2D eigenvalue weighted by atomic mass is 9.78. The zero-order valence-electron chi connectivity index (χ0n) is 12.6. The summed E-state index contributed by atoms with van der Waals surface area (Å²) in [5, 5.41) is 11.6. The Kier molecular flexibility index (Phi) is 3.54. The van der Waals surface area contributed by atoms with Gasteiger partial charge in [-0.3, -0.25) is 4.21 Å². The average Bonchev–Trinajstić information content (AvgIpc) is 2.36. The van der Waals surface area contributed by atoms with Crippen molar-refractivity contribution < 1.29 is 9.32 Å². The molecule has 1 aromatic carbocycles. The van der Waals surface area contributed by atoms with Crippen molar-refractivity contribution in [1.82, 2.24) is 0 Å². The van der Waals surface area contributed by atoms with E-state index in [0.717, 1.165) is 18.4 Å². The molecule has 3 rings (SSSR count). The van der Waals surface area contributed by atoms with E-state index in [2.05, 4.69) is 32.9 Å². The third-order valence-corrected chi connectivity index (χ3v) is 7.30. The molecule has 2 nitrogen and oxygen atoms in total. The van der Waals surface area contributed by atoms with E-state index < -0.39 is 16.4 Å². The van der Waals surface area contributed by atoms with E-state index in [-0.39, 0.29) is 10.5 Å². The average molecular weight is 292 g/mol. The van der Waals surface area contributed by atoms with Gasteiger partial charge in [0.2, 0.25) is 0 Å². The fourth-order valence-corrected chi connectivity index (χ4v) is 6.19. The van der Waals surface area contributed by atoms with Gasteiger partial charge in [-0.1, -0.05) is 18.6 Å². The Bertz CT molecular complexity index is 548. The second-order valence-electron chi connectivity index (χ2n) is 6.69. The Morgan fingerprint density at radius 1 is 1.05 bits per heavy atom. The Balaban J connectivity index is 2.01. The number of aliphatic hydroxyl groups is 1. The van der Waals surface area contributed by atoms with Crippen LogP contribution >= 0.6 is 0 Å². The van der Waals surface area contributed by atoms with Crippen molar-refractivity contribution in [2.45, 2.75) is 69.0 Å². The summed E-state index contributed by atoms with van der Waals surface area (Å²) in [5.74, 6) is 0. The van der Waals surface area contributed by atoms with Gasteiger partial charge in [0, 0.05) is 21.3 Å². The lowest BCUT2D eigenvalue weighted by Gasteiger charge is -2.44. The normalized spacial score (nSPS) is 36.9. The molecule has 1 aromatic rings. The van der Waals surface area contributed by atoms with Crippen molar-refractivity contribution in [1.29, 1.82) is 0 Å². The van der Waals surface area contributed by atoms with Crippen molar-refractivity contribution in [3.05, 3.63) is 34.4 Å². The SMILES string of the molecule is Cc1cc(C)c(C2(O)CC3CCCC(C2)S3=O)cc1C. The monoisotopic (exact) mass is 292 g/mol. The van der Waals surface area contributed by atoms with Gasteiger partial charge in [0.05, 0.1) is 5.60 Å². The number of fused-ring (bicyclic) bond motifs is 2. The third-order valence-electron chi connectivity index (χ3n) is 5.18. The molecule has 2 fully saturated rings. The molecular weight excluding hydrogens is 268 g/mol. The molecule has 20 heavy (non-hydrogen) atoms. The topological polar surface area (TPSA) is 37.3 Å². The molecular formula is C17H24O2S. The molecule has 0 amide bonds. The van der Waals surface area contributed by atoms with Crippen LogP contribution in [0.4, 0.5) is 0 Å². The largest absolute Gasteiger partial charge is 0.385 e. The van der Waals surface area contributed by atoms with Crippen LogP contribution in [-0.2, 0) is 16.4 Å². The first-order valence-electron chi connectivity index (χ1n) is 7.61. The highest BCUT2D eigenvalue weighted by Crippen LogP contribution is 2.45. The number of hydrogen-bond donors (Lipinski definition) is 1. The summed E-state index contributed by atoms with van der Waals surface area (Å²) in [6.07, 6.45) is 4.52. The van der Waals surface area contributed by atoms with Crippen molar-refractivity contribution in [3.8, 4) is 0 Å². The maximum Gasteiger partial charge on any atom is 0.0922 e. The van der Waals surface area contributed by atoms with Crippen molar-refractivity contribution >= 4 is 10.8 Å². The second-order valence-corrected chi connectivity index (χ2v) is 8.69. The van der Waals surface area contributed by atoms with Crippen molar-refractivity contribution in [2.24, 2.45) is 0 Å². The molecule has 2 unspecified atom stereocenters. The van der Waals surface area contributed by atoms with Gasteiger partial charge in [-0.25, -0.2) is 0 Å². The zero-order chi connectivity index (χ0) is 14.5. The molecule has 110 valence electrons. The van der Waals surface area contributed by atoms with Crippen LogP contribution in [0.5, 0.6) is 0 Å². The van der Waals surface area contributed by atoms with Crippen molar-refractivity contribution in [3.63, 3.8) is 0 Å².